The van der Waals surface area contributed by atoms with Crippen molar-refractivity contribution in [2.45, 2.75) is 69.9 Å². The molecule has 2 fully saturated rings. The Balaban J connectivity index is 0.950. The van der Waals surface area contributed by atoms with E-state index in [4.69, 9.17) is 8.83 Å². The zero-order valence-electron chi connectivity index (χ0n) is 22.9. The summed E-state index contributed by atoms with van der Waals surface area (Å²) in [5.41, 5.74) is -0.163. The first-order valence-corrected chi connectivity index (χ1v) is 14.6. The van der Waals surface area contributed by atoms with Crippen LogP contribution < -0.4 is 21.9 Å². The van der Waals surface area contributed by atoms with Crippen molar-refractivity contribution in [1.82, 2.24) is 10.6 Å². The van der Waals surface area contributed by atoms with Crippen molar-refractivity contribution in [1.29, 1.82) is 0 Å². The molecule has 2 aliphatic carbocycles. The van der Waals surface area contributed by atoms with Gasteiger partial charge in [-0.25, -0.2) is 9.59 Å². The number of rotatable bonds is 6. The minimum Gasteiger partial charge on any atom is -0.422 e. The summed E-state index contributed by atoms with van der Waals surface area (Å²) in [4.78, 5) is 50.3. The molecule has 212 valence electrons. The zero-order valence-corrected chi connectivity index (χ0v) is 22.9. The largest absolute Gasteiger partial charge is 0.422 e. The predicted molar refractivity (Wildman–Crippen MR) is 156 cm³/mol. The Morgan fingerprint density at radius 3 is 1.41 bits per heavy atom. The number of carbonyl (C=O) groups excluding carboxylic acids is 2. The van der Waals surface area contributed by atoms with E-state index in [1.807, 2.05) is 24.3 Å². The molecule has 2 aromatic carbocycles. The normalized spacial score (nSPS) is 22.8. The average molecular weight is 555 g/mol. The maximum atomic E-state index is 12.8. The van der Waals surface area contributed by atoms with Crippen molar-refractivity contribution in [3.8, 4) is 0 Å². The lowest BCUT2D eigenvalue weighted by atomic mass is 9.75. The van der Waals surface area contributed by atoms with E-state index in [2.05, 4.69) is 10.6 Å². The van der Waals surface area contributed by atoms with Crippen molar-refractivity contribution < 1.29 is 18.4 Å². The van der Waals surface area contributed by atoms with E-state index < -0.39 is 11.3 Å². The molecule has 41 heavy (non-hydrogen) atoms. The summed E-state index contributed by atoms with van der Waals surface area (Å²) in [6, 6.07) is 17.7. The molecule has 2 aromatic heterocycles. The Morgan fingerprint density at radius 1 is 0.610 bits per heavy atom. The molecule has 4 aromatic rings. The number of carbonyl (C=O) groups is 2. The number of nitrogens with one attached hydrogen (secondary N) is 2. The second kappa shape index (κ2) is 11.7. The Bertz CT molecular complexity index is 1560. The molecular formula is C33H34N2O6. The second-order valence-electron chi connectivity index (χ2n) is 11.6. The van der Waals surface area contributed by atoms with Crippen molar-refractivity contribution >= 4 is 33.8 Å². The maximum Gasteiger partial charge on any atom is 0.349 e. The van der Waals surface area contributed by atoms with E-state index in [-0.39, 0.29) is 35.0 Å². The standard InChI is InChI=1S/C33H34N2O6/c36-30(26-18-22-5-1-3-7-28(22)40-32(26)38)34-24-13-9-20(10-14-24)17-21-11-15-25(16-12-21)35-31(37)27-19-23-6-2-4-8-29(23)41-33(27)39/h1-8,18-21,24-25H,9-17H2,(H,34,36)(H,35,37). The van der Waals surface area contributed by atoms with Crippen LogP contribution in [-0.4, -0.2) is 23.9 Å². The van der Waals surface area contributed by atoms with Crippen LogP contribution in [0.4, 0.5) is 0 Å². The first-order chi connectivity index (χ1) is 19.9. The minimum atomic E-state index is -0.609. The number of hydrogen-bond acceptors (Lipinski definition) is 6. The number of benzene rings is 2. The molecule has 8 nitrogen and oxygen atoms in total. The van der Waals surface area contributed by atoms with Gasteiger partial charge in [-0.2, -0.15) is 0 Å². The van der Waals surface area contributed by atoms with E-state index >= 15 is 0 Å². The van der Waals surface area contributed by atoms with Crippen LogP contribution in [0.1, 0.15) is 78.5 Å². The molecular weight excluding hydrogens is 520 g/mol. The molecule has 2 heterocycles. The van der Waals surface area contributed by atoms with Gasteiger partial charge in [-0.15, -0.1) is 0 Å². The van der Waals surface area contributed by atoms with Crippen LogP contribution in [0.3, 0.4) is 0 Å². The molecule has 2 aliphatic rings. The van der Waals surface area contributed by atoms with E-state index in [1.165, 1.54) is 0 Å². The third-order valence-corrected chi connectivity index (χ3v) is 8.80. The maximum absolute atomic E-state index is 12.8. The van der Waals surface area contributed by atoms with Crippen LogP contribution in [0.5, 0.6) is 0 Å². The predicted octanol–water partition coefficient (Wildman–Crippen LogP) is 5.57. The highest BCUT2D eigenvalue weighted by atomic mass is 16.4. The fraction of sp³-hybridized carbons (Fsp3) is 0.394. The Labute approximate surface area is 237 Å². The number of fused-ring (bicyclic) bond motifs is 2. The summed E-state index contributed by atoms with van der Waals surface area (Å²) >= 11 is 0. The SMILES string of the molecule is O=C(NC1CCC(CC2CCC(NC(=O)c3cc4ccccc4oc3=O)CC2)CC1)c1cc2ccccc2oc1=O. The van der Waals surface area contributed by atoms with Gasteiger partial charge in [-0.3, -0.25) is 9.59 Å². The molecule has 0 atom stereocenters. The molecule has 0 unspecified atom stereocenters. The van der Waals surface area contributed by atoms with Crippen LogP contribution in [-0.2, 0) is 0 Å². The van der Waals surface area contributed by atoms with Gasteiger partial charge in [-0.05, 0) is 93.9 Å². The monoisotopic (exact) mass is 554 g/mol. The van der Waals surface area contributed by atoms with Gasteiger partial charge < -0.3 is 19.5 Å². The smallest absolute Gasteiger partial charge is 0.349 e. The summed E-state index contributed by atoms with van der Waals surface area (Å²) in [5, 5.41) is 7.56. The van der Waals surface area contributed by atoms with E-state index in [0.29, 0.717) is 23.0 Å². The lowest BCUT2D eigenvalue weighted by Gasteiger charge is -2.34. The van der Waals surface area contributed by atoms with Gasteiger partial charge in [0.1, 0.15) is 22.3 Å². The van der Waals surface area contributed by atoms with Gasteiger partial charge in [0.25, 0.3) is 11.8 Å². The summed E-state index contributed by atoms with van der Waals surface area (Å²) in [5.74, 6) is 0.504. The lowest BCUT2D eigenvalue weighted by Crippen LogP contribution is -2.40. The molecule has 0 aliphatic heterocycles. The first-order valence-electron chi connectivity index (χ1n) is 14.6. The first kappa shape index (κ1) is 27.0. The molecule has 0 spiro atoms. The van der Waals surface area contributed by atoms with Crippen LogP contribution in [0.25, 0.3) is 21.9 Å². The van der Waals surface area contributed by atoms with Crippen LogP contribution in [0, 0.1) is 11.8 Å². The molecule has 6 rings (SSSR count). The van der Waals surface area contributed by atoms with Crippen LogP contribution in [0.2, 0.25) is 0 Å². The quantitative estimate of drug-likeness (QED) is 0.301. The highest BCUT2D eigenvalue weighted by Gasteiger charge is 2.29. The van der Waals surface area contributed by atoms with Crippen molar-refractivity contribution in [2.75, 3.05) is 0 Å². The summed E-state index contributed by atoms with van der Waals surface area (Å²) in [7, 11) is 0. The van der Waals surface area contributed by atoms with Crippen molar-refractivity contribution in [2.24, 2.45) is 11.8 Å². The number of amides is 2. The third kappa shape index (κ3) is 6.11. The van der Waals surface area contributed by atoms with Gasteiger partial charge in [-0.1, -0.05) is 36.4 Å². The fourth-order valence-electron chi connectivity index (χ4n) is 6.52. The third-order valence-electron chi connectivity index (χ3n) is 8.80. The molecule has 8 heteroatoms. The van der Waals surface area contributed by atoms with Crippen LogP contribution in [0.15, 0.2) is 79.1 Å². The van der Waals surface area contributed by atoms with Gasteiger partial charge in [0.15, 0.2) is 0 Å². The summed E-state index contributed by atoms with van der Waals surface area (Å²) < 4.78 is 10.6. The highest BCUT2D eigenvalue weighted by molar-refractivity contribution is 5.97. The van der Waals surface area contributed by atoms with Gasteiger partial charge in [0, 0.05) is 22.9 Å². The molecule has 0 radical (unpaired) electrons. The molecule has 2 amide bonds. The second-order valence-corrected chi connectivity index (χ2v) is 11.6. The van der Waals surface area contributed by atoms with E-state index in [0.717, 1.165) is 68.6 Å². The Kier molecular flexibility index (Phi) is 7.72. The van der Waals surface area contributed by atoms with E-state index in [9.17, 15) is 19.2 Å². The van der Waals surface area contributed by atoms with Crippen molar-refractivity contribution in [3.05, 3.63) is 92.6 Å². The minimum absolute atomic E-state index is 0.0520. The highest BCUT2D eigenvalue weighted by Crippen LogP contribution is 2.35. The van der Waals surface area contributed by atoms with E-state index in [1.54, 1.807) is 36.4 Å². The lowest BCUT2D eigenvalue weighted by molar-refractivity contribution is 0.0914. The Morgan fingerprint density at radius 2 is 1.00 bits per heavy atom. The van der Waals surface area contributed by atoms with Crippen LogP contribution >= 0.6 is 0 Å². The van der Waals surface area contributed by atoms with Gasteiger partial charge in [0.05, 0.1) is 0 Å². The van der Waals surface area contributed by atoms with Crippen molar-refractivity contribution in [3.63, 3.8) is 0 Å². The summed E-state index contributed by atoms with van der Waals surface area (Å²) in [6.45, 7) is 0. The number of hydrogen-bond donors (Lipinski definition) is 2. The molecule has 2 N–H and O–H groups in total. The number of para-hydroxylation sites is 2. The molecule has 0 bridgehead atoms. The molecule has 0 saturated heterocycles. The summed E-state index contributed by atoms with van der Waals surface area (Å²) in [6.07, 6.45) is 8.94. The average Bonchev–Trinajstić information content (AvgIpc) is 2.98. The molecule has 2 saturated carbocycles. The van der Waals surface area contributed by atoms with Gasteiger partial charge in [0.2, 0.25) is 0 Å². The zero-order chi connectivity index (χ0) is 28.3. The van der Waals surface area contributed by atoms with Gasteiger partial charge >= 0.3 is 11.3 Å². The fourth-order valence-corrected chi connectivity index (χ4v) is 6.52. The Hall–Kier alpha value is -4.20. The topological polar surface area (TPSA) is 119 Å².